The van der Waals surface area contributed by atoms with Crippen molar-refractivity contribution < 1.29 is 4.74 Å². The van der Waals surface area contributed by atoms with Gasteiger partial charge in [-0.1, -0.05) is 20.8 Å². The van der Waals surface area contributed by atoms with E-state index in [1.807, 2.05) is 0 Å². The third-order valence-corrected chi connectivity index (χ3v) is 5.03. The molecule has 0 radical (unpaired) electrons. The second-order valence-corrected chi connectivity index (χ2v) is 5.77. The fourth-order valence-corrected chi connectivity index (χ4v) is 3.52. The van der Waals surface area contributed by atoms with Crippen molar-refractivity contribution >= 4 is 18.3 Å². The van der Waals surface area contributed by atoms with Crippen LogP contribution in [0.2, 0.25) is 0 Å². The Bertz CT molecular complexity index is 277. The minimum absolute atomic E-state index is 0. The maximum atomic E-state index is 7.43. The fraction of sp³-hybridized carbons (Fsp3) is 0.917. The number of fused-ring (bicyclic) bond motifs is 2. The summed E-state index contributed by atoms with van der Waals surface area (Å²) in [6.07, 6.45) is 4.05. The van der Waals surface area contributed by atoms with Crippen LogP contribution in [-0.4, -0.2) is 12.0 Å². The summed E-state index contributed by atoms with van der Waals surface area (Å²) in [6, 6.07) is 0. The smallest absolute Gasteiger partial charge is 0.177 e. The van der Waals surface area contributed by atoms with E-state index in [9.17, 15) is 0 Å². The number of nitrogens with one attached hydrogen (secondary N) is 1. The summed E-state index contributed by atoms with van der Waals surface area (Å²) in [5.74, 6) is 1.18. The Morgan fingerprint density at radius 1 is 1.33 bits per heavy atom. The molecule has 0 aromatic heterocycles. The zero-order valence-electron chi connectivity index (χ0n) is 10.1. The molecule has 0 aromatic rings. The Labute approximate surface area is 98.7 Å². The lowest BCUT2D eigenvalue weighted by Gasteiger charge is -2.38. The summed E-state index contributed by atoms with van der Waals surface area (Å²) in [7, 11) is 0. The topological polar surface area (TPSA) is 33.1 Å². The predicted molar refractivity (Wildman–Crippen MR) is 64.8 cm³/mol. The SMILES string of the molecule is CC(=N)OC1CC2CCC1(C)C2(C)C.Cl. The van der Waals surface area contributed by atoms with Gasteiger partial charge in [0.2, 0.25) is 0 Å². The van der Waals surface area contributed by atoms with Gasteiger partial charge in [0.1, 0.15) is 6.10 Å². The molecule has 2 rings (SSSR count). The van der Waals surface area contributed by atoms with Crippen LogP contribution < -0.4 is 0 Å². The van der Waals surface area contributed by atoms with E-state index in [4.69, 9.17) is 10.1 Å². The van der Waals surface area contributed by atoms with Crippen molar-refractivity contribution in [3.63, 3.8) is 0 Å². The molecule has 0 spiro atoms. The molecule has 2 nitrogen and oxygen atoms in total. The number of halogens is 1. The average Bonchev–Trinajstić information content (AvgIpc) is 2.35. The van der Waals surface area contributed by atoms with E-state index in [0.29, 0.717) is 16.7 Å². The quantitative estimate of drug-likeness (QED) is 0.543. The number of rotatable bonds is 1. The van der Waals surface area contributed by atoms with Crippen LogP contribution in [-0.2, 0) is 4.74 Å². The molecule has 0 heterocycles. The van der Waals surface area contributed by atoms with Crippen LogP contribution >= 0.6 is 12.4 Å². The highest BCUT2D eigenvalue weighted by molar-refractivity contribution is 5.85. The molecule has 2 aliphatic rings. The molecule has 0 amide bonds. The zero-order chi connectivity index (χ0) is 10.6. The molecule has 2 fully saturated rings. The van der Waals surface area contributed by atoms with Gasteiger partial charge < -0.3 is 4.74 Å². The molecule has 0 saturated heterocycles. The number of hydrogen-bond acceptors (Lipinski definition) is 2. The summed E-state index contributed by atoms with van der Waals surface area (Å²) in [4.78, 5) is 0. The second-order valence-electron chi connectivity index (χ2n) is 5.77. The van der Waals surface area contributed by atoms with Crippen molar-refractivity contribution in [2.45, 2.75) is 53.1 Å². The second kappa shape index (κ2) is 3.65. The fourth-order valence-electron chi connectivity index (χ4n) is 3.52. The Kier molecular flexibility index (Phi) is 3.13. The van der Waals surface area contributed by atoms with Gasteiger partial charge in [-0.2, -0.15) is 0 Å². The van der Waals surface area contributed by atoms with Gasteiger partial charge in [-0.15, -0.1) is 12.4 Å². The van der Waals surface area contributed by atoms with E-state index >= 15 is 0 Å². The average molecular weight is 232 g/mol. The van der Waals surface area contributed by atoms with Crippen LogP contribution in [0, 0.1) is 22.2 Å². The molecule has 2 aliphatic carbocycles. The number of ether oxygens (including phenoxy) is 1. The van der Waals surface area contributed by atoms with Crippen molar-refractivity contribution in [1.29, 1.82) is 5.41 Å². The van der Waals surface area contributed by atoms with Crippen LogP contribution in [0.5, 0.6) is 0 Å². The van der Waals surface area contributed by atoms with E-state index < -0.39 is 0 Å². The largest absolute Gasteiger partial charge is 0.478 e. The van der Waals surface area contributed by atoms with E-state index in [2.05, 4.69) is 20.8 Å². The van der Waals surface area contributed by atoms with Gasteiger partial charge in [0.25, 0.3) is 0 Å². The van der Waals surface area contributed by atoms with Gasteiger partial charge in [-0.05, 0) is 30.6 Å². The Hall–Kier alpha value is -0.240. The summed E-state index contributed by atoms with van der Waals surface area (Å²) < 4.78 is 5.67. The molecule has 0 aromatic carbocycles. The highest BCUT2D eigenvalue weighted by Gasteiger charge is 2.62. The molecular formula is C12H22ClNO. The van der Waals surface area contributed by atoms with Gasteiger partial charge in [-0.25, -0.2) is 0 Å². The Balaban J connectivity index is 0.00000112. The normalized spacial score (nSPS) is 41.1. The van der Waals surface area contributed by atoms with Crippen molar-refractivity contribution in [1.82, 2.24) is 0 Å². The number of hydrogen-bond donors (Lipinski definition) is 1. The molecular weight excluding hydrogens is 210 g/mol. The minimum atomic E-state index is 0. The van der Waals surface area contributed by atoms with Gasteiger partial charge in [0, 0.05) is 12.3 Å². The molecule has 0 aliphatic heterocycles. The zero-order valence-corrected chi connectivity index (χ0v) is 10.9. The minimum Gasteiger partial charge on any atom is -0.478 e. The summed E-state index contributed by atoms with van der Waals surface area (Å²) >= 11 is 0. The van der Waals surface area contributed by atoms with E-state index in [0.717, 1.165) is 12.3 Å². The monoisotopic (exact) mass is 231 g/mol. The Morgan fingerprint density at radius 3 is 2.27 bits per heavy atom. The third-order valence-electron chi connectivity index (χ3n) is 5.03. The van der Waals surface area contributed by atoms with Gasteiger partial charge >= 0.3 is 0 Å². The van der Waals surface area contributed by atoms with Crippen molar-refractivity contribution in [2.24, 2.45) is 16.7 Å². The molecule has 3 atom stereocenters. The molecule has 3 heteroatoms. The van der Waals surface area contributed by atoms with Crippen LogP contribution in [0.15, 0.2) is 0 Å². The van der Waals surface area contributed by atoms with Crippen LogP contribution in [0.3, 0.4) is 0 Å². The van der Waals surface area contributed by atoms with Crippen molar-refractivity contribution in [3.05, 3.63) is 0 Å². The third kappa shape index (κ3) is 1.57. The first kappa shape index (κ1) is 12.8. The first-order chi connectivity index (χ1) is 6.38. The first-order valence-corrected chi connectivity index (χ1v) is 5.60. The lowest BCUT2D eigenvalue weighted by atomic mass is 9.70. The summed E-state index contributed by atoms with van der Waals surface area (Å²) in [6.45, 7) is 8.82. The molecule has 2 bridgehead atoms. The predicted octanol–water partition coefficient (Wildman–Crippen LogP) is 3.64. The van der Waals surface area contributed by atoms with E-state index in [1.165, 1.54) is 12.8 Å². The van der Waals surface area contributed by atoms with Gasteiger partial charge in [-0.3, -0.25) is 5.41 Å². The van der Waals surface area contributed by atoms with Crippen LogP contribution in [0.25, 0.3) is 0 Å². The summed E-state index contributed by atoms with van der Waals surface area (Å²) in [5.41, 5.74) is 0.688. The van der Waals surface area contributed by atoms with Crippen LogP contribution in [0.4, 0.5) is 0 Å². The standard InChI is InChI=1S/C12H21NO.ClH/c1-8(13)14-10-7-9-5-6-12(10,4)11(9,2)3;/h9-10,13H,5-7H2,1-4H3;1H. The first-order valence-electron chi connectivity index (χ1n) is 5.60. The maximum absolute atomic E-state index is 7.43. The Morgan fingerprint density at radius 2 is 1.93 bits per heavy atom. The highest BCUT2D eigenvalue weighted by Crippen LogP contribution is 2.66. The highest BCUT2D eigenvalue weighted by atomic mass is 35.5. The van der Waals surface area contributed by atoms with Crippen molar-refractivity contribution in [3.8, 4) is 0 Å². The molecule has 3 unspecified atom stereocenters. The molecule has 2 saturated carbocycles. The van der Waals surface area contributed by atoms with E-state index in [-0.39, 0.29) is 18.5 Å². The van der Waals surface area contributed by atoms with Gasteiger partial charge in [0.05, 0.1) is 0 Å². The maximum Gasteiger partial charge on any atom is 0.177 e. The van der Waals surface area contributed by atoms with Crippen molar-refractivity contribution in [2.75, 3.05) is 0 Å². The lowest BCUT2D eigenvalue weighted by Crippen LogP contribution is -2.37. The summed E-state index contributed by atoms with van der Waals surface area (Å²) in [5, 5.41) is 7.43. The molecule has 88 valence electrons. The van der Waals surface area contributed by atoms with Crippen LogP contribution in [0.1, 0.15) is 47.0 Å². The van der Waals surface area contributed by atoms with Gasteiger partial charge in [0.15, 0.2) is 5.90 Å². The molecule has 1 N–H and O–H groups in total. The molecule has 15 heavy (non-hydrogen) atoms. The lowest BCUT2D eigenvalue weighted by molar-refractivity contribution is 0.0209. The van der Waals surface area contributed by atoms with E-state index in [1.54, 1.807) is 6.92 Å².